The zero-order valence-corrected chi connectivity index (χ0v) is 13.4. The second-order valence-electron chi connectivity index (χ2n) is 5.85. The lowest BCUT2D eigenvalue weighted by molar-refractivity contribution is 0.0669. The number of hydrogen-bond donors (Lipinski definition) is 1. The highest BCUT2D eigenvalue weighted by molar-refractivity contribution is 7.89. The number of aliphatic hydroxyl groups is 1. The average Bonchev–Trinajstić information content (AvgIpc) is 2.79. The molecule has 7 heteroatoms. The highest BCUT2D eigenvalue weighted by Gasteiger charge is 2.39. The van der Waals surface area contributed by atoms with Gasteiger partial charge in [-0.1, -0.05) is 6.08 Å². The van der Waals surface area contributed by atoms with Crippen molar-refractivity contribution in [3.05, 3.63) is 24.5 Å². The van der Waals surface area contributed by atoms with Gasteiger partial charge in [-0.3, -0.25) is 4.68 Å². The third-order valence-electron chi connectivity index (χ3n) is 4.13. The maximum absolute atomic E-state index is 12.8. The van der Waals surface area contributed by atoms with E-state index in [-0.39, 0.29) is 11.5 Å². The van der Waals surface area contributed by atoms with Crippen LogP contribution in [0.4, 0.5) is 0 Å². The van der Waals surface area contributed by atoms with E-state index in [1.165, 1.54) is 15.2 Å². The number of hydrogen-bond acceptors (Lipinski definition) is 4. The lowest BCUT2D eigenvalue weighted by Gasteiger charge is -2.40. The van der Waals surface area contributed by atoms with Gasteiger partial charge in [0.05, 0.1) is 12.3 Å². The number of aliphatic hydroxyl groups excluding tert-OH is 1. The summed E-state index contributed by atoms with van der Waals surface area (Å²) in [6.45, 7) is 6.19. The van der Waals surface area contributed by atoms with Gasteiger partial charge in [0.25, 0.3) is 0 Å². The van der Waals surface area contributed by atoms with Crippen molar-refractivity contribution >= 4 is 10.0 Å². The predicted octanol–water partition coefficient (Wildman–Crippen LogP) is 1.07. The van der Waals surface area contributed by atoms with Gasteiger partial charge in [-0.15, -0.1) is 6.58 Å². The molecule has 1 saturated heterocycles. The SMILES string of the molecule is C=CC[C@@]1(CO)CCCN(S(=O)(=O)c2cn(C)nc2C)C1. The monoisotopic (exact) mass is 313 g/mol. The normalized spacial score (nSPS) is 24.1. The molecule has 1 aliphatic rings. The second kappa shape index (κ2) is 5.90. The quantitative estimate of drug-likeness (QED) is 0.825. The molecule has 0 unspecified atom stereocenters. The maximum Gasteiger partial charge on any atom is 0.246 e. The number of piperidine rings is 1. The molecule has 2 heterocycles. The largest absolute Gasteiger partial charge is 0.396 e. The van der Waals surface area contributed by atoms with Crippen molar-refractivity contribution in [3.8, 4) is 0 Å². The zero-order valence-electron chi connectivity index (χ0n) is 12.6. The number of sulfonamides is 1. The topological polar surface area (TPSA) is 75.4 Å². The van der Waals surface area contributed by atoms with Crippen LogP contribution < -0.4 is 0 Å². The Morgan fingerprint density at radius 2 is 2.29 bits per heavy atom. The van der Waals surface area contributed by atoms with E-state index < -0.39 is 15.4 Å². The zero-order chi connectivity index (χ0) is 15.7. The van der Waals surface area contributed by atoms with Gasteiger partial charge in [0.15, 0.2) is 0 Å². The Kier molecular flexibility index (Phi) is 4.55. The van der Waals surface area contributed by atoms with E-state index in [0.717, 1.165) is 12.8 Å². The van der Waals surface area contributed by atoms with Crippen LogP contribution in [0.2, 0.25) is 0 Å². The smallest absolute Gasteiger partial charge is 0.246 e. The van der Waals surface area contributed by atoms with Crippen LogP contribution in [0.1, 0.15) is 25.0 Å². The van der Waals surface area contributed by atoms with Gasteiger partial charge in [0.2, 0.25) is 10.0 Å². The molecule has 0 spiro atoms. The van der Waals surface area contributed by atoms with Crippen LogP contribution in [0.15, 0.2) is 23.7 Å². The summed E-state index contributed by atoms with van der Waals surface area (Å²) < 4.78 is 28.6. The third-order valence-corrected chi connectivity index (χ3v) is 6.07. The van der Waals surface area contributed by atoms with Crippen LogP contribution in [0, 0.1) is 12.3 Å². The van der Waals surface area contributed by atoms with Gasteiger partial charge in [-0.05, 0) is 26.2 Å². The molecule has 1 aromatic rings. The summed E-state index contributed by atoms with van der Waals surface area (Å²) in [4.78, 5) is 0.248. The predicted molar refractivity (Wildman–Crippen MR) is 80.3 cm³/mol. The van der Waals surface area contributed by atoms with Gasteiger partial charge >= 0.3 is 0 Å². The summed E-state index contributed by atoms with van der Waals surface area (Å²) in [7, 11) is -1.86. The lowest BCUT2D eigenvalue weighted by Crippen LogP contribution is -2.47. The number of rotatable bonds is 5. The fourth-order valence-corrected chi connectivity index (χ4v) is 4.80. The average molecular weight is 313 g/mol. The molecule has 21 heavy (non-hydrogen) atoms. The molecule has 0 saturated carbocycles. The summed E-state index contributed by atoms with van der Waals surface area (Å²) in [5.41, 5.74) is 0.0878. The van der Waals surface area contributed by atoms with Crippen molar-refractivity contribution in [2.24, 2.45) is 12.5 Å². The molecule has 6 nitrogen and oxygen atoms in total. The fourth-order valence-electron chi connectivity index (χ4n) is 3.00. The van der Waals surface area contributed by atoms with Crippen LogP contribution >= 0.6 is 0 Å². The van der Waals surface area contributed by atoms with Crippen LogP contribution in [0.5, 0.6) is 0 Å². The third kappa shape index (κ3) is 3.04. The Morgan fingerprint density at radius 3 is 2.81 bits per heavy atom. The van der Waals surface area contributed by atoms with Gasteiger partial charge in [0, 0.05) is 31.7 Å². The van der Waals surface area contributed by atoms with E-state index >= 15 is 0 Å². The maximum atomic E-state index is 12.8. The molecule has 0 amide bonds. The Morgan fingerprint density at radius 1 is 1.57 bits per heavy atom. The van der Waals surface area contributed by atoms with E-state index in [1.807, 2.05) is 0 Å². The number of allylic oxidation sites excluding steroid dienone is 1. The first-order valence-electron chi connectivity index (χ1n) is 7.07. The molecule has 1 aliphatic heterocycles. The number of nitrogens with zero attached hydrogens (tertiary/aromatic N) is 3. The van der Waals surface area contributed by atoms with Crippen molar-refractivity contribution < 1.29 is 13.5 Å². The Labute approximate surface area is 126 Å². The van der Waals surface area contributed by atoms with Crippen molar-refractivity contribution in [2.45, 2.75) is 31.1 Å². The molecule has 0 aromatic carbocycles. The van der Waals surface area contributed by atoms with Crippen molar-refractivity contribution in [2.75, 3.05) is 19.7 Å². The number of aryl methyl sites for hydroxylation is 2. The Balaban J connectivity index is 2.32. The summed E-state index contributed by atoms with van der Waals surface area (Å²) in [5.74, 6) is 0. The highest BCUT2D eigenvalue weighted by atomic mass is 32.2. The molecule has 118 valence electrons. The van der Waals surface area contributed by atoms with E-state index in [1.54, 1.807) is 20.0 Å². The van der Waals surface area contributed by atoms with Crippen LogP contribution in [0.25, 0.3) is 0 Å². The van der Waals surface area contributed by atoms with E-state index in [2.05, 4.69) is 11.7 Å². The van der Waals surface area contributed by atoms with Crippen molar-refractivity contribution in [1.29, 1.82) is 0 Å². The van der Waals surface area contributed by atoms with E-state index in [0.29, 0.717) is 25.2 Å². The molecule has 0 aliphatic carbocycles. The molecule has 0 bridgehead atoms. The molecule has 1 fully saturated rings. The molecular weight excluding hydrogens is 290 g/mol. The summed E-state index contributed by atoms with van der Waals surface area (Å²) in [5, 5.41) is 13.8. The van der Waals surface area contributed by atoms with Crippen molar-refractivity contribution in [1.82, 2.24) is 14.1 Å². The highest BCUT2D eigenvalue weighted by Crippen LogP contribution is 2.36. The minimum absolute atomic E-state index is 0.0307. The number of aromatic nitrogens is 2. The van der Waals surface area contributed by atoms with Gasteiger partial charge in [0.1, 0.15) is 4.90 Å². The van der Waals surface area contributed by atoms with Crippen LogP contribution in [-0.2, 0) is 17.1 Å². The van der Waals surface area contributed by atoms with Gasteiger partial charge in [-0.25, -0.2) is 8.42 Å². The van der Waals surface area contributed by atoms with Crippen molar-refractivity contribution in [3.63, 3.8) is 0 Å². The Bertz CT molecular complexity index is 623. The minimum atomic E-state index is -3.57. The van der Waals surface area contributed by atoms with Crippen LogP contribution in [0.3, 0.4) is 0 Å². The lowest BCUT2D eigenvalue weighted by atomic mass is 9.79. The molecule has 2 rings (SSSR count). The molecular formula is C14H23N3O3S. The molecule has 1 aromatic heterocycles. The van der Waals surface area contributed by atoms with Crippen LogP contribution in [-0.4, -0.2) is 47.3 Å². The Hall–Kier alpha value is -1.18. The second-order valence-corrected chi connectivity index (χ2v) is 7.75. The fraction of sp³-hybridized carbons (Fsp3) is 0.643. The molecule has 1 atom stereocenters. The molecule has 0 radical (unpaired) electrons. The molecule has 1 N–H and O–H groups in total. The van der Waals surface area contributed by atoms with E-state index in [4.69, 9.17) is 0 Å². The van der Waals surface area contributed by atoms with Gasteiger partial charge in [-0.2, -0.15) is 9.40 Å². The van der Waals surface area contributed by atoms with Gasteiger partial charge < -0.3 is 5.11 Å². The summed E-state index contributed by atoms with van der Waals surface area (Å²) in [6, 6.07) is 0. The summed E-state index contributed by atoms with van der Waals surface area (Å²) in [6.07, 6.45) is 5.46. The first-order chi connectivity index (χ1) is 9.84. The first kappa shape index (κ1) is 16.2. The minimum Gasteiger partial charge on any atom is -0.396 e. The summed E-state index contributed by atoms with van der Waals surface area (Å²) >= 11 is 0. The first-order valence-corrected chi connectivity index (χ1v) is 8.51. The standard InChI is InChI=1S/C14H23N3O3S/c1-4-6-14(11-18)7-5-8-17(10-14)21(19,20)13-9-16(3)15-12(13)2/h4,9,18H,1,5-8,10-11H2,2-3H3/t14-/m1/s1. The van der Waals surface area contributed by atoms with E-state index in [9.17, 15) is 13.5 Å².